The first-order valence-corrected chi connectivity index (χ1v) is 10.3. The van der Waals surface area contributed by atoms with Gasteiger partial charge in [0.05, 0.1) is 37.7 Å². The Hall–Kier alpha value is -3.28. The number of likely N-dealkylation sites (tertiary alicyclic amines) is 1. The topological polar surface area (TPSA) is 56.6 Å². The minimum absolute atomic E-state index is 0.105. The fourth-order valence-corrected chi connectivity index (χ4v) is 4.15. The molecule has 0 bridgehead atoms. The van der Waals surface area contributed by atoms with Gasteiger partial charge in [0.1, 0.15) is 11.5 Å². The Kier molecular flexibility index (Phi) is 6.02. The van der Waals surface area contributed by atoms with E-state index in [1.807, 2.05) is 70.5 Å². The standard InChI is InChI=1S/C24H27N3O3/c1-29-21-12-8-13-22(30-2)24(21)20-11-6-7-14-23(28)26(20)16-18-15-25-27(17-18)19-9-4-3-5-10-19/h3-5,8-10,12-13,15,17,20H,6-7,11,14,16H2,1-2H3. The van der Waals surface area contributed by atoms with Crippen molar-refractivity contribution in [2.75, 3.05) is 14.2 Å². The largest absolute Gasteiger partial charge is 0.496 e. The molecule has 6 heteroatoms. The van der Waals surface area contributed by atoms with Crippen molar-refractivity contribution in [1.82, 2.24) is 14.7 Å². The van der Waals surface area contributed by atoms with E-state index in [0.717, 1.165) is 47.6 Å². The van der Waals surface area contributed by atoms with E-state index in [2.05, 4.69) is 5.10 Å². The zero-order valence-electron chi connectivity index (χ0n) is 17.5. The molecule has 1 aliphatic heterocycles. The molecule has 156 valence electrons. The number of carbonyl (C=O) groups excluding carboxylic acids is 1. The lowest BCUT2D eigenvalue weighted by atomic mass is 9.98. The molecule has 4 rings (SSSR count). The lowest BCUT2D eigenvalue weighted by molar-refractivity contribution is -0.133. The molecule has 1 unspecified atom stereocenters. The smallest absolute Gasteiger partial charge is 0.223 e. The quantitative estimate of drug-likeness (QED) is 0.604. The molecule has 1 amide bonds. The van der Waals surface area contributed by atoms with E-state index in [4.69, 9.17) is 9.47 Å². The Bertz CT molecular complexity index is 978. The fraction of sp³-hybridized carbons (Fsp3) is 0.333. The summed E-state index contributed by atoms with van der Waals surface area (Å²) < 4.78 is 13.1. The van der Waals surface area contributed by atoms with Crippen LogP contribution in [0.2, 0.25) is 0 Å². The van der Waals surface area contributed by atoms with Crippen LogP contribution in [0.4, 0.5) is 0 Å². The highest BCUT2D eigenvalue weighted by Gasteiger charge is 2.32. The van der Waals surface area contributed by atoms with Crippen LogP contribution in [0.15, 0.2) is 60.9 Å². The van der Waals surface area contributed by atoms with Crippen molar-refractivity contribution >= 4 is 5.91 Å². The number of benzene rings is 2. The molecule has 30 heavy (non-hydrogen) atoms. The van der Waals surface area contributed by atoms with Gasteiger partial charge in [0.2, 0.25) is 5.91 Å². The van der Waals surface area contributed by atoms with Gasteiger partial charge in [0.15, 0.2) is 0 Å². The van der Waals surface area contributed by atoms with Gasteiger partial charge >= 0.3 is 0 Å². The van der Waals surface area contributed by atoms with Crippen LogP contribution in [0.5, 0.6) is 11.5 Å². The Labute approximate surface area is 177 Å². The normalized spacial score (nSPS) is 16.9. The average Bonchev–Trinajstić information content (AvgIpc) is 3.19. The monoisotopic (exact) mass is 405 g/mol. The maximum absolute atomic E-state index is 13.1. The predicted octanol–water partition coefficient (Wildman–Crippen LogP) is 4.53. The van der Waals surface area contributed by atoms with E-state index in [1.165, 1.54) is 0 Å². The van der Waals surface area contributed by atoms with Crippen molar-refractivity contribution in [3.05, 3.63) is 72.1 Å². The molecular weight excluding hydrogens is 378 g/mol. The van der Waals surface area contributed by atoms with Gasteiger partial charge in [0.25, 0.3) is 0 Å². The highest BCUT2D eigenvalue weighted by Crippen LogP contribution is 2.42. The van der Waals surface area contributed by atoms with Crippen LogP contribution in [0.25, 0.3) is 5.69 Å². The summed E-state index contributed by atoms with van der Waals surface area (Å²) in [6, 6.07) is 15.6. The van der Waals surface area contributed by atoms with Gasteiger partial charge in [-0.25, -0.2) is 4.68 Å². The average molecular weight is 405 g/mol. The summed E-state index contributed by atoms with van der Waals surface area (Å²) in [5.74, 6) is 1.65. The van der Waals surface area contributed by atoms with Gasteiger partial charge in [0, 0.05) is 24.7 Å². The second kappa shape index (κ2) is 9.03. The molecule has 0 N–H and O–H groups in total. The number of hydrogen-bond acceptors (Lipinski definition) is 4. The predicted molar refractivity (Wildman–Crippen MR) is 115 cm³/mol. The lowest BCUT2D eigenvalue weighted by Gasteiger charge is -2.32. The van der Waals surface area contributed by atoms with Crippen LogP contribution >= 0.6 is 0 Å². The van der Waals surface area contributed by atoms with Crippen LogP contribution in [-0.2, 0) is 11.3 Å². The Morgan fingerprint density at radius 2 is 1.73 bits per heavy atom. The molecule has 3 aromatic rings. The summed E-state index contributed by atoms with van der Waals surface area (Å²) in [5.41, 5.74) is 2.93. The Morgan fingerprint density at radius 1 is 1.00 bits per heavy atom. The van der Waals surface area contributed by atoms with Crippen molar-refractivity contribution in [3.8, 4) is 17.2 Å². The Morgan fingerprint density at radius 3 is 2.43 bits per heavy atom. The van der Waals surface area contributed by atoms with Crippen LogP contribution in [0, 0.1) is 0 Å². The van der Waals surface area contributed by atoms with Gasteiger partial charge < -0.3 is 14.4 Å². The number of nitrogens with zero attached hydrogens (tertiary/aromatic N) is 3. The SMILES string of the molecule is COc1cccc(OC)c1C1CCCCC(=O)N1Cc1cnn(-c2ccccc2)c1. The number of para-hydroxylation sites is 1. The molecule has 6 nitrogen and oxygen atoms in total. The minimum atomic E-state index is -0.105. The van der Waals surface area contributed by atoms with Crippen molar-refractivity contribution in [2.24, 2.45) is 0 Å². The van der Waals surface area contributed by atoms with Crippen LogP contribution < -0.4 is 9.47 Å². The molecular formula is C24H27N3O3. The van der Waals surface area contributed by atoms with Gasteiger partial charge in [-0.2, -0.15) is 5.10 Å². The van der Waals surface area contributed by atoms with Gasteiger partial charge in [-0.15, -0.1) is 0 Å². The summed E-state index contributed by atoms with van der Waals surface area (Å²) in [6.45, 7) is 0.498. The molecule has 0 saturated carbocycles. The summed E-state index contributed by atoms with van der Waals surface area (Å²) >= 11 is 0. The van der Waals surface area contributed by atoms with Gasteiger partial charge in [-0.05, 0) is 37.1 Å². The van der Waals surface area contributed by atoms with Crippen LogP contribution in [-0.4, -0.2) is 34.8 Å². The van der Waals surface area contributed by atoms with Crippen molar-refractivity contribution in [2.45, 2.75) is 38.3 Å². The van der Waals surface area contributed by atoms with Gasteiger partial charge in [-0.3, -0.25) is 4.79 Å². The highest BCUT2D eigenvalue weighted by atomic mass is 16.5. The third-order valence-electron chi connectivity index (χ3n) is 5.62. The molecule has 0 aliphatic carbocycles. The molecule has 1 aliphatic rings. The van der Waals surface area contributed by atoms with E-state index in [1.54, 1.807) is 14.2 Å². The fourth-order valence-electron chi connectivity index (χ4n) is 4.15. The summed E-state index contributed by atoms with van der Waals surface area (Å²) in [6.07, 6.45) is 7.13. The molecule has 0 radical (unpaired) electrons. The van der Waals surface area contributed by atoms with Crippen LogP contribution in [0.3, 0.4) is 0 Å². The summed E-state index contributed by atoms with van der Waals surface area (Å²) in [5, 5.41) is 4.49. The van der Waals surface area contributed by atoms with E-state index in [-0.39, 0.29) is 11.9 Å². The summed E-state index contributed by atoms with van der Waals surface area (Å²) in [4.78, 5) is 15.1. The first kappa shape index (κ1) is 20.0. The number of amides is 1. The molecule has 1 aromatic heterocycles. The van der Waals surface area contributed by atoms with Crippen molar-refractivity contribution in [3.63, 3.8) is 0 Å². The first-order valence-electron chi connectivity index (χ1n) is 10.3. The lowest BCUT2D eigenvalue weighted by Crippen LogP contribution is -2.33. The number of rotatable bonds is 6. The summed E-state index contributed by atoms with van der Waals surface area (Å²) in [7, 11) is 3.32. The second-order valence-electron chi connectivity index (χ2n) is 7.49. The number of ether oxygens (including phenoxy) is 2. The maximum atomic E-state index is 13.1. The number of aromatic nitrogens is 2. The molecule has 1 atom stereocenters. The highest BCUT2D eigenvalue weighted by molar-refractivity contribution is 5.77. The third kappa shape index (κ3) is 4.03. The first-order chi connectivity index (χ1) is 14.7. The second-order valence-corrected chi connectivity index (χ2v) is 7.49. The molecule has 2 aromatic carbocycles. The minimum Gasteiger partial charge on any atom is -0.496 e. The maximum Gasteiger partial charge on any atom is 0.223 e. The molecule has 2 heterocycles. The van der Waals surface area contributed by atoms with Crippen LogP contribution in [0.1, 0.15) is 42.9 Å². The molecule has 1 fully saturated rings. The Balaban J connectivity index is 1.68. The zero-order chi connectivity index (χ0) is 20.9. The van der Waals surface area contributed by atoms with Gasteiger partial charge in [-0.1, -0.05) is 30.7 Å². The number of carbonyl (C=O) groups is 1. The number of methoxy groups -OCH3 is 2. The van der Waals surface area contributed by atoms with E-state index in [9.17, 15) is 4.79 Å². The van der Waals surface area contributed by atoms with Crippen molar-refractivity contribution in [1.29, 1.82) is 0 Å². The zero-order valence-corrected chi connectivity index (χ0v) is 17.5. The molecule has 0 spiro atoms. The molecule has 1 saturated heterocycles. The number of hydrogen-bond donors (Lipinski definition) is 0. The van der Waals surface area contributed by atoms with Crippen molar-refractivity contribution < 1.29 is 14.3 Å². The van der Waals surface area contributed by atoms with E-state index in [0.29, 0.717) is 13.0 Å². The van der Waals surface area contributed by atoms with E-state index >= 15 is 0 Å². The van der Waals surface area contributed by atoms with E-state index < -0.39 is 0 Å². The third-order valence-corrected chi connectivity index (χ3v) is 5.62.